The molecule has 0 bridgehead atoms. The monoisotopic (exact) mass is 438 g/mol. The highest BCUT2D eigenvalue weighted by Gasteiger charge is 2.36. The maximum absolute atomic E-state index is 13.2. The number of pyridine rings is 1. The van der Waals surface area contributed by atoms with Gasteiger partial charge in [-0.15, -0.1) is 0 Å². The number of aryl methyl sites for hydroxylation is 1. The molecule has 2 aromatic rings. The summed E-state index contributed by atoms with van der Waals surface area (Å²) < 4.78 is 5.99. The van der Waals surface area contributed by atoms with Crippen LogP contribution < -0.4 is 4.74 Å². The molecule has 1 aliphatic rings. The van der Waals surface area contributed by atoms with Crippen LogP contribution in [0.1, 0.15) is 88.9 Å². The van der Waals surface area contributed by atoms with Crippen molar-refractivity contribution in [3.63, 3.8) is 0 Å². The van der Waals surface area contributed by atoms with E-state index in [1.54, 1.807) is 12.1 Å². The van der Waals surface area contributed by atoms with Crippen molar-refractivity contribution >= 4 is 5.91 Å². The predicted octanol–water partition coefficient (Wildman–Crippen LogP) is 6.14. The van der Waals surface area contributed by atoms with Crippen LogP contribution in [0.3, 0.4) is 0 Å². The first-order chi connectivity index (χ1) is 15.0. The summed E-state index contributed by atoms with van der Waals surface area (Å²) in [5.41, 5.74) is 3.98. The number of aromatic hydroxyl groups is 1. The maximum Gasteiger partial charge on any atom is 0.223 e. The van der Waals surface area contributed by atoms with Gasteiger partial charge in [0.2, 0.25) is 5.91 Å². The van der Waals surface area contributed by atoms with Crippen LogP contribution in [0, 0.1) is 18.3 Å². The molecular weight excluding hydrogens is 400 g/mol. The Labute approximate surface area is 192 Å². The highest BCUT2D eigenvalue weighted by Crippen LogP contribution is 2.42. The van der Waals surface area contributed by atoms with Gasteiger partial charge < -0.3 is 14.7 Å². The molecule has 3 rings (SSSR count). The van der Waals surface area contributed by atoms with E-state index < -0.39 is 0 Å². The molecule has 0 saturated heterocycles. The first-order valence-corrected chi connectivity index (χ1v) is 11.7. The first kappa shape index (κ1) is 24.1. The highest BCUT2D eigenvalue weighted by atomic mass is 16.5. The van der Waals surface area contributed by atoms with Gasteiger partial charge in [-0.1, -0.05) is 47.6 Å². The number of hydrogen-bond acceptors (Lipinski definition) is 4. The van der Waals surface area contributed by atoms with Crippen molar-refractivity contribution in [2.45, 2.75) is 79.9 Å². The zero-order valence-electron chi connectivity index (χ0n) is 20.6. The van der Waals surface area contributed by atoms with E-state index in [-0.39, 0.29) is 35.6 Å². The summed E-state index contributed by atoms with van der Waals surface area (Å²) in [6, 6.07) is 9.67. The number of nitrogens with zero attached hydrogens (tertiary/aromatic N) is 2. The van der Waals surface area contributed by atoms with E-state index in [0.29, 0.717) is 18.0 Å². The molecule has 0 spiro atoms. The van der Waals surface area contributed by atoms with E-state index in [4.69, 9.17) is 4.74 Å². The van der Waals surface area contributed by atoms with Gasteiger partial charge in [0.25, 0.3) is 0 Å². The Balaban J connectivity index is 1.81. The summed E-state index contributed by atoms with van der Waals surface area (Å²) in [5, 5.41) is 10.0. The van der Waals surface area contributed by atoms with E-state index in [9.17, 15) is 9.90 Å². The Morgan fingerprint density at radius 3 is 2.59 bits per heavy atom. The fourth-order valence-electron chi connectivity index (χ4n) is 4.48. The molecule has 32 heavy (non-hydrogen) atoms. The van der Waals surface area contributed by atoms with E-state index in [0.717, 1.165) is 24.4 Å². The second-order valence-corrected chi connectivity index (χ2v) is 10.7. The first-order valence-electron chi connectivity index (χ1n) is 11.7. The van der Waals surface area contributed by atoms with Crippen LogP contribution in [0.15, 0.2) is 30.3 Å². The molecule has 1 aliphatic heterocycles. The molecule has 0 aliphatic carbocycles. The van der Waals surface area contributed by atoms with E-state index in [1.165, 1.54) is 11.1 Å². The average Bonchev–Trinajstić information content (AvgIpc) is 2.71. The molecule has 2 heterocycles. The highest BCUT2D eigenvalue weighted by molar-refractivity contribution is 5.77. The molecule has 0 saturated carbocycles. The Morgan fingerprint density at radius 2 is 1.94 bits per heavy atom. The smallest absolute Gasteiger partial charge is 0.223 e. The van der Waals surface area contributed by atoms with Gasteiger partial charge in [0.15, 0.2) is 0 Å². The van der Waals surface area contributed by atoms with Crippen molar-refractivity contribution in [2.75, 3.05) is 6.54 Å². The van der Waals surface area contributed by atoms with Gasteiger partial charge in [-0.3, -0.25) is 9.78 Å². The van der Waals surface area contributed by atoms with Crippen molar-refractivity contribution < 1.29 is 14.6 Å². The van der Waals surface area contributed by atoms with Crippen LogP contribution in [-0.2, 0) is 11.4 Å². The lowest BCUT2D eigenvalue weighted by Gasteiger charge is -2.43. The van der Waals surface area contributed by atoms with Crippen LogP contribution in [0.5, 0.6) is 11.5 Å². The van der Waals surface area contributed by atoms with Gasteiger partial charge in [-0.05, 0) is 66.0 Å². The van der Waals surface area contributed by atoms with Crippen LogP contribution in [0.25, 0.3) is 0 Å². The molecule has 1 aromatic heterocycles. The standard InChI is InChI=1S/C27H38N2O3/c1-17(2)26-21-10-9-20(32-16-23-24(30)11-8-19(4)28-23)14-22(21)18(3)15-29(26)25(31)12-13-27(5,6)7/h8-11,14,17-18,26,30H,12-13,15-16H2,1-7H3. The second kappa shape index (κ2) is 9.51. The number of fused-ring (bicyclic) bond motifs is 1. The number of rotatable bonds is 6. The summed E-state index contributed by atoms with van der Waals surface area (Å²) in [7, 11) is 0. The second-order valence-electron chi connectivity index (χ2n) is 10.7. The third-order valence-corrected chi connectivity index (χ3v) is 6.22. The van der Waals surface area contributed by atoms with Crippen LogP contribution in [0.2, 0.25) is 0 Å². The van der Waals surface area contributed by atoms with E-state index in [2.05, 4.69) is 63.6 Å². The van der Waals surface area contributed by atoms with Crippen molar-refractivity contribution in [2.24, 2.45) is 11.3 Å². The number of amides is 1. The van der Waals surface area contributed by atoms with Gasteiger partial charge >= 0.3 is 0 Å². The summed E-state index contributed by atoms with van der Waals surface area (Å²) in [5.74, 6) is 1.70. The number of ether oxygens (including phenoxy) is 1. The van der Waals surface area contributed by atoms with Gasteiger partial charge in [0.1, 0.15) is 23.8 Å². The number of aromatic nitrogens is 1. The van der Waals surface area contributed by atoms with Crippen LogP contribution >= 0.6 is 0 Å². The Morgan fingerprint density at radius 1 is 1.22 bits per heavy atom. The molecule has 5 heteroatoms. The van der Waals surface area contributed by atoms with Crippen molar-refractivity contribution in [1.82, 2.24) is 9.88 Å². The molecule has 0 fully saturated rings. The summed E-state index contributed by atoms with van der Waals surface area (Å²) in [4.78, 5) is 19.6. The minimum Gasteiger partial charge on any atom is -0.506 e. The zero-order chi connectivity index (χ0) is 23.6. The number of benzene rings is 1. The third-order valence-electron chi connectivity index (χ3n) is 6.22. The molecule has 1 amide bonds. The molecule has 0 radical (unpaired) electrons. The molecule has 174 valence electrons. The topological polar surface area (TPSA) is 62.7 Å². The Hall–Kier alpha value is -2.56. The molecule has 1 aromatic carbocycles. The normalized spacial score (nSPS) is 18.6. The Kier molecular flexibility index (Phi) is 7.16. The molecule has 2 atom stereocenters. The molecular formula is C27H38N2O3. The SMILES string of the molecule is Cc1ccc(O)c(COc2ccc3c(c2)C(C)CN(C(=O)CCC(C)(C)C)C3C(C)C)n1. The van der Waals surface area contributed by atoms with Crippen molar-refractivity contribution in [3.8, 4) is 11.5 Å². The van der Waals surface area contributed by atoms with Crippen molar-refractivity contribution in [1.29, 1.82) is 0 Å². The predicted molar refractivity (Wildman–Crippen MR) is 128 cm³/mol. The van der Waals surface area contributed by atoms with E-state index in [1.807, 2.05) is 13.0 Å². The van der Waals surface area contributed by atoms with Crippen LogP contribution in [0.4, 0.5) is 0 Å². The summed E-state index contributed by atoms with van der Waals surface area (Å²) >= 11 is 0. The number of carbonyl (C=O) groups is 1. The Bertz CT molecular complexity index is 962. The zero-order valence-corrected chi connectivity index (χ0v) is 20.6. The fraction of sp³-hybridized carbons (Fsp3) is 0.556. The van der Waals surface area contributed by atoms with Gasteiger partial charge in [-0.25, -0.2) is 0 Å². The number of hydrogen-bond donors (Lipinski definition) is 1. The lowest BCUT2D eigenvalue weighted by atomic mass is 9.81. The van der Waals surface area contributed by atoms with Gasteiger partial charge in [0, 0.05) is 18.7 Å². The molecule has 5 nitrogen and oxygen atoms in total. The van der Waals surface area contributed by atoms with E-state index >= 15 is 0 Å². The van der Waals surface area contributed by atoms with Crippen LogP contribution in [-0.4, -0.2) is 27.4 Å². The lowest BCUT2D eigenvalue weighted by molar-refractivity contribution is -0.136. The third kappa shape index (κ3) is 5.62. The maximum atomic E-state index is 13.2. The molecule has 2 unspecified atom stereocenters. The van der Waals surface area contributed by atoms with Gasteiger partial charge in [0.05, 0.1) is 6.04 Å². The quantitative estimate of drug-likeness (QED) is 0.588. The van der Waals surface area contributed by atoms with Crippen molar-refractivity contribution in [3.05, 3.63) is 52.8 Å². The number of carbonyl (C=O) groups excluding carboxylic acids is 1. The lowest BCUT2D eigenvalue weighted by Crippen LogP contribution is -2.43. The summed E-state index contributed by atoms with van der Waals surface area (Å²) in [6.07, 6.45) is 1.48. The summed E-state index contributed by atoms with van der Waals surface area (Å²) in [6.45, 7) is 15.9. The average molecular weight is 439 g/mol. The minimum atomic E-state index is 0.0743. The largest absolute Gasteiger partial charge is 0.506 e. The fourth-order valence-corrected chi connectivity index (χ4v) is 4.48. The molecule has 1 N–H and O–H groups in total. The minimum absolute atomic E-state index is 0.0743. The van der Waals surface area contributed by atoms with Gasteiger partial charge in [-0.2, -0.15) is 0 Å².